The van der Waals surface area contributed by atoms with E-state index in [9.17, 15) is 0 Å². The lowest BCUT2D eigenvalue weighted by molar-refractivity contribution is 0.603. The minimum Gasteiger partial charge on any atom is -0.310 e. The fourth-order valence-electron chi connectivity index (χ4n) is 1.74. The third-order valence-electron chi connectivity index (χ3n) is 2.51. The van der Waals surface area contributed by atoms with Crippen molar-refractivity contribution in [2.24, 2.45) is 0 Å². The number of thiazole rings is 1. The SMILES string of the molecule is CCNC(C)c1sc(-c2cc(Cl)cs2)nc1C. The number of hydrogen-bond donors (Lipinski definition) is 1. The first kappa shape index (κ1) is 13.0. The summed E-state index contributed by atoms with van der Waals surface area (Å²) in [4.78, 5) is 7.09. The molecule has 2 nitrogen and oxygen atoms in total. The van der Waals surface area contributed by atoms with Gasteiger partial charge in [-0.3, -0.25) is 0 Å². The average Bonchev–Trinajstić information content (AvgIpc) is 2.85. The van der Waals surface area contributed by atoms with Crippen molar-refractivity contribution in [3.8, 4) is 9.88 Å². The van der Waals surface area contributed by atoms with Crippen LogP contribution in [0, 0.1) is 6.92 Å². The molecule has 0 radical (unpaired) electrons. The first-order chi connectivity index (χ1) is 8.11. The van der Waals surface area contributed by atoms with Crippen LogP contribution in [0.1, 0.15) is 30.5 Å². The van der Waals surface area contributed by atoms with Crippen molar-refractivity contribution < 1.29 is 0 Å². The number of rotatable bonds is 4. The Kier molecular flexibility index (Phi) is 4.20. The van der Waals surface area contributed by atoms with Crippen LogP contribution in [-0.2, 0) is 0 Å². The van der Waals surface area contributed by atoms with Crippen LogP contribution in [0.5, 0.6) is 0 Å². The van der Waals surface area contributed by atoms with Gasteiger partial charge in [0.1, 0.15) is 5.01 Å². The number of nitrogens with zero attached hydrogens (tertiary/aromatic N) is 1. The molecule has 1 N–H and O–H groups in total. The largest absolute Gasteiger partial charge is 0.310 e. The summed E-state index contributed by atoms with van der Waals surface area (Å²) in [6, 6.07) is 2.34. The van der Waals surface area contributed by atoms with Gasteiger partial charge in [0.05, 0.1) is 15.6 Å². The van der Waals surface area contributed by atoms with Crippen molar-refractivity contribution >= 4 is 34.3 Å². The topological polar surface area (TPSA) is 24.9 Å². The molecule has 0 aliphatic rings. The summed E-state index contributed by atoms with van der Waals surface area (Å²) in [5.41, 5.74) is 1.11. The van der Waals surface area contributed by atoms with Crippen LogP contribution >= 0.6 is 34.3 Å². The Bertz CT molecular complexity index is 504. The molecule has 0 spiro atoms. The van der Waals surface area contributed by atoms with Crippen LogP contribution in [0.4, 0.5) is 0 Å². The van der Waals surface area contributed by atoms with Crippen molar-refractivity contribution in [2.45, 2.75) is 26.8 Å². The molecule has 0 aliphatic carbocycles. The molecule has 1 atom stereocenters. The van der Waals surface area contributed by atoms with Gasteiger partial charge in [0.2, 0.25) is 0 Å². The maximum atomic E-state index is 5.94. The number of halogens is 1. The lowest BCUT2D eigenvalue weighted by atomic mass is 10.2. The van der Waals surface area contributed by atoms with Crippen LogP contribution in [0.3, 0.4) is 0 Å². The maximum absolute atomic E-state index is 5.94. The minimum atomic E-state index is 0.363. The van der Waals surface area contributed by atoms with Crippen molar-refractivity contribution in [1.29, 1.82) is 0 Å². The second kappa shape index (κ2) is 5.48. The zero-order chi connectivity index (χ0) is 12.4. The van der Waals surface area contributed by atoms with E-state index in [4.69, 9.17) is 11.6 Å². The van der Waals surface area contributed by atoms with Crippen LogP contribution in [0.15, 0.2) is 11.4 Å². The Morgan fingerprint density at radius 1 is 1.53 bits per heavy atom. The molecule has 1 unspecified atom stereocenters. The van der Waals surface area contributed by atoms with E-state index in [-0.39, 0.29) is 0 Å². The summed E-state index contributed by atoms with van der Waals surface area (Å²) in [7, 11) is 0. The highest BCUT2D eigenvalue weighted by Gasteiger charge is 2.15. The summed E-state index contributed by atoms with van der Waals surface area (Å²) in [6.07, 6.45) is 0. The summed E-state index contributed by atoms with van der Waals surface area (Å²) >= 11 is 9.34. The van der Waals surface area contributed by atoms with Gasteiger partial charge in [-0.25, -0.2) is 4.98 Å². The molecule has 0 amide bonds. The Hall–Kier alpha value is -0.420. The minimum absolute atomic E-state index is 0.363. The molecule has 0 bridgehead atoms. The Labute approximate surface area is 115 Å². The quantitative estimate of drug-likeness (QED) is 0.895. The third-order valence-corrected chi connectivity index (χ3v) is 5.30. The van der Waals surface area contributed by atoms with Crippen LogP contribution < -0.4 is 5.32 Å². The van der Waals surface area contributed by atoms with Gasteiger partial charge in [0.25, 0.3) is 0 Å². The molecule has 2 aromatic heterocycles. The Morgan fingerprint density at radius 2 is 2.29 bits per heavy atom. The first-order valence-electron chi connectivity index (χ1n) is 5.57. The van der Waals surface area contributed by atoms with Gasteiger partial charge in [0, 0.05) is 16.3 Å². The standard InChI is InChI=1S/C12H15ClN2S2/c1-4-14-7(2)11-8(3)15-12(17-11)10-5-9(13)6-16-10/h5-7,14H,4H2,1-3H3. The number of hydrogen-bond acceptors (Lipinski definition) is 4. The monoisotopic (exact) mass is 286 g/mol. The van der Waals surface area contributed by atoms with Crippen molar-refractivity contribution in [1.82, 2.24) is 10.3 Å². The summed E-state index contributed by atoms with van der Waals surface area (Å²) in [5.74, 6) is 0. The van der Waals surface area contributed by atoms with E-state index in [1.807, 2.05) is 11.4 Å². The van der Waals surface area contributed by atoms with E-state index >= 15 is 0 Å². The van der Waals surface area contributed by atoms with Gasteiger partial charge in [-0.05, 0) is 26.5 Å². The molecule has 2 heterocycles. The zero-order valence-corrected chi connectivity index (χ0v) is 12.5. The smallest absolute Gasteiger partial charge is 0.133 e. The Morgan fingerprint density at radius 3 is 2.88 bits per heavy atom. The molecule has 2 aromatic rings. The van der Waals surface area contributed by atoms with Crippen molar-refractivity contribution in [3.05, 3.63) is 27.0 Å². The highest BCUT2D eigenvalue weighted by molar-refractivity contribution is 7.21. The van der Waals surface area contributed by atoms with Crippen molar-refractivity contribution in [3.63, 3.8) is 0 Å². The molecular weight excluding hydrogens is 272 g/mol. The second-order valence-electron chi connectivity index (χ2n) is 3.88. The van der Waals surface area contributed by atoms with E-state index in [0.29, 0.717) is 6.04 Å². The number of thiophene rings is 1. The average molecular weight is 287 g/mol. The van der Waals surface area contributed by atoms with E-state index in [1.165, 1.54) is 4.88 Å². The van der Waals surface area contributed by atoms with Gasteiger partial charge in [-0.2, -0.15) is 0 Å². The highest BCUT2D eigenvalue weighted by Crippen LogP contribution is 2.36. The van der Waals surface area contributed by atoms with Gasteiger partial charge < -0.3 is 5.32 Å². The summed E-state index contributed by atoms with van der Waals surface area (Å²) in [6.45, 7) is 7.33. The van der Waals surface area contributed by atoms with Gasteiger partial charge in [-0.1, -0.05) is 18.5 Å². The van der Waals surface area contributed by atoms with Crippen LogP contribution in [0.2, 0.25) is 5.02 Å². The van der Waals surface area contributed by atoms with Crippen molar-refractivity contribution in [2.75, 3.05) is 6.54 Å². The van der Waals surface area contributed by atoms with Crippen LogP contribution in [0.25, 0.3) is 9.88 Å². The molecule has 0 aliphatic heterocycles. The lowest BCUT2D eigenvalue weighted by Gasteiger charge is -2.09. The van der Waals surface area contributed by atoms with E-state index < -0.39 is 0 Å². The number of aryl methyl sites for hydroxylation is 1. The fraction of sp³-hybridized carbons (Fsp3) is 0.417. The predicted octanol–water partition coefficient (Wildman–Crippen LogP) is 4.50. The molecule has 17 heavy (non-hydrogen) atoms. The third kappa shape index (κ3) is 2.88. The normalized spacial score (nSPS) is 12.9. The lowest BCUT2D eigenvalue weighted by Crippen LogP contribution is -2.17. The van der Waals surface area contributed by atoms with Gasteiger partial charge in [-0.15, -0.1) is 22.7 Å². The molecular formula is C12H15ClN2S2. The molecule has 0 saturated carbocycles. The first-order valence-corrected chi connectivity index (χ1v) is 7.64. The highest BCUT2D eigenvalue weighted by atomic mass is 35.5. The van der Waals surface area contributed by atoms with Gasteiger partial charge in [0.15, 0.2) is 0 Å². The molecule has 0 fully saturated rings. The maximum Gasteiger partial charge on any atom is 0.133 e. The van der Waals surface area contributed by atoms with E-state index in [1.54, 1.807) is 22.7 Å². The van der Waals surface area contributed by atoms with E-state index in [0.717, 1.165) is 27.1 Å². The second-order valence-corrected chi connectivity index (χ2v) is 6.26. The molecule has 5 heteroatoms. The van der Waals surface area contributed by atoms with Gasteiger partial charge >= 0.3 is 0 Å². The zero-order valence-electron chi connectivity index (χ0n) is 10.1. The predicted molar refractivity (Wildman–Crippen MR) is 77.3 cm³/mol. The van der Waals surface area contributed by atoms with E-state index in [2.05, 4.69) is 31.1 Å². The fourth-order valence-corrected chi connectivity index (χ4v) is 3.97. The Balaban J connectivity index is 2.30. The molecule has 92 valence electrons. The molecule has 0 saturated heterocycles. The molecule has 0 aromatic carbocycles. The summed E-state index contributed by atoms with van der Waals surface area (Å²) < 4.78 is 0. The number of nitrogens with one attached hydrogen (secondary N) is 1. The van der Waals surface area contributed by atoms with Crippen LogP contribution in [-0.4, -0.2) is 11.5 Å². The summed E-state index contributed by atoms with van der Waals surface area (Å²) in [5, 5.41) is 7.23. The molecule has 2 rings (SSSR count). The number of aromatic nitrogens is 1.